The van der Waals surface area contributed by atoms with E-state index in [1.165, 1.54) is 23.2 Å². The van der Waals surface area contributed by atoms with Gasteiger partial charge in [0, 0.05) is 49.5 Å². The van der Waals surface area contributed by atoms with Gasteiger partial charge < -0.3 is 4.90 Å². The molecule has 142 valence electrons. The molecule has 0 saturated carbocycles. The lowest BCUT2D eigenvalue weighted by Gasteiger charge is -2.42. The zero-order chi connectivity index (χ0) is 20.0. The van der Waals surface area contributed by atoms with Crippen LogP contribution in [0.2, 0.25) is 0 Å². The summed E-state index contributed by atoms with van der Waals surface area (Å²) < 4.78 is 0. The van der Waals surface area contributed by atoms with E-state index in [2.05, 4.69) is 52.0 Å². The summed E-state index contributed by atoms with van der Waals surface area (Å²) in [7, 11) is 6.00. The Morgan fingerprint density at radius 2 is 1.97 bits per heavy atom. The van der Waals surface area contributed by atoms with Gasteiger partial charge in [0.1, 0.15) is 13.9 Å². The van der Waals surface area contributed by atoms with Crippen LogP contribution in [0.5, 0.6) is 0 Å². The van der Waals surface area contributed by atoms with Gasteiger partial charge in [-0.2, -0.15) is 5.26 Å². The van der Waals surface area contributed by atoms with E-state index in [4.69, 9.17) is 7.85 Å². The summed E-state index contributed by atoms with van der Waals surface area (Å²) in [4.78, 5) is 9.57. The number of hydrogen-bond donors (Lipinski definition) is 0. The molecule has 2 aliphatic rings. The predicted octanol–water partition coefficient (Wildman–Crippen LogP) is 3.13. The van der Waals surface area contributed by atoms with Crippen molar-refractivity contribution in [1.29, 1.82) is 5.26 Å². The number of anilines is 1. The van der Waals surface area contributed by atoms with E-state index in [9.17, 15) is 5.26 Å². The molecular formula is C24H23BN4. The van der Waals surface area contributed by atoms with Gasteiger partial charge in [-0.3, -0.25) is 9.88 Å². The van der Waals surface area contributed by atoms with Crippen molar-refractivity contribution in [1.82, 2.24) is 9.88 Å². The monoisotopic (exact) mass is 378 g/mol. The Hall–Kier alpha value is -2.84. The van der Waals surface area contributed by atoms with Gasteiger partial charge in [-0.15, -0.1) is 0 Å². The molecule has 2 aliphatic heterocycles. The average molecular weight is 378 g/mol. The number of pyridine rings is 1. The minimum Gasteiger partial charge on any atom is -0.369 e. The summed E-state index contributed by atoms with van der Waals surface area (Å²) in [6.45, 7) is 6.33. The second-order valence-electron chi connectivity index (χ2n) is 8.48. The molecule has 3 aromatic rings. The van der Waals surface area contributed by atoms with Crippen LogP contribution in [0.4, 0.5) is 5.69 Å². The molecule has 4 nitrogen and oxygen atoms in total. The number of rotatable bonds is 2. The van der Waals surface area contributed by atoms with E-state index in [0.717, 1.165) is 42.5 Å². The van der Waals surface area contributed by atoms with Gasteiger partial charge in [-0.1, -0.05) is 30.6 Å². The van der Waals surface area contributed by atoms with Crippen LogP contribution >= 0.6 is 0 Å². The first-order chi connectivity index (χ1) is 14.1. The highest BCUT2D eigenvalue weighted by atomic mass is 15.2. The van der Waals surface area contributed by atoms with Crippen LogP contribution in [-0.2, 0) is 13.1 Å². The minimum absolute atomic E-state index is 0.495. The van der Waals surface area contributed by atoms with Gasteiger partial charge in [0.2, 0.25) is 0 Å². The van der Waals surface area contributed by atoms with Crippen molar-refractivity contribution in [3.05, 3.63) is 65.4 Å². The predicted molar refractivity (Wildman–Crippen MR) is 117 cm³/mol. The molecule has 1 fully saturated rings. The second kappa shape index (κ2) is 7.20. The maximum atomic E-state index is 9.45. The number of piperidine rings is 1. The maximum Gasteiger partial charge on any atom is 0.113 e. The molecule has 2 atom stereocenters. The molecule has 5 heteroatoms. The average Bonchev–Trinajstić information content (AvgIpc) is 3.15. The summed E-state index contributed by atoms with van der Waals surface area (Å²) in [6.07, 6.45) is 2.97. The third-order valence-electron chi connectivity index (χ3n) is 6.34. The lowest BCUT2D eigenvalue weighted by Crippen LogP contribution is -2.49. The van der Waals surface area contributed by atoms with Crippen LogP contribution in [-0.4, -0.2) is 36.9 Å². The smallest absolute Gasteiger partial charge is 0.113 e. The lowest BCUT2D eigenvalue weighted by atomic mass is 9.93. The number of nitrogens with zero attached hydrogens (tertiary/aromatic N) is 4. The molecule has 1 saturated heterocycles. The van der Waals surface area contributed by atoms with Crippen molar-refractivity contribution in [3.8, 4) is 6.07 Å². The molecule has 5 rings (SSSR count). The number of fused-ring (bicyclic) bond motifs is 2. The van der Waals surface area contributed by atoms with Gasteiger partial charge in [0.25, 0.3) is 0 Å². The molecule has 2 radical (unpaired) electrons. The zero-order valence-electron chi connectivity index (χ0n) is 16.7. The van der Waals surface area contributed by atoms with Crippen molar-refractivity contribution in [2.45, 2.75) is 32.5 Å². The Bertz CT molecular complexity index is 1120. The van der Waals surface area contributed by atoms with E-state index in [1.807, 2.05) is 18.2 Å². The first-order valence-corrected chi connectivity index (χ1v) is 10.3. The third kappa shape index (κ3) is 3.28. The van der Waals surface area contributed by atoms with Crippen LogP contribution in [0.15, 0.2) is 48.7 Å². The quantitative estimate of drug-likeness (QED) is 0.643. The summed E-state index contributed by atoms with van der Waals surface area (Å²) in [5.74, 6) is 0.602. The van der Waals surface area contributed by atoms with Gasteiger partial charge in [-0.25, -0.2) is 0 Å². The first-order valence-electron chi connectivity index (χ1n) is 10.3. The van der Waals surface area contributed by atoms with Crippen LogP contribution < -0.4 is 10.4 Å². The highest BCUT2D eigenvalue weighted by Crippen LogP contribution is 2.34. The molecule has 0 amide bonds. The summed E-state index contributed by atoms with van der Waals surface area (Å²) >= 11 is 0. The third-order valence-corrected chi connectivity index (χ3v) is 6.34. The van der Waals surface area contributed by atoms with Crippen molar-refractivity contribution >= 4 is 29.9 Å². The Morgan fingerprint density at radius 3 is 2.83 bits per heavy atom. The molecule has 29 heavy (non-hydrogen) atoms. The van der Waals surface area contributed by atoms with E-state index in [-0.39, 0.29) is 0 Å². The summed E-state index contributed by atoms with van der Waals surface area (Å²) in [5.41, 5.74) is 6.23. The SMILES string of the molecule is [B]c1ccc2c(c1)CN([C@@H]1C[C@H](C)CN(c3ccc(C#N)c4ncccc34)C1)C2. The van der Waals surface area contributed by atoms with E-state index < -0.39 is 0 Å². The summed E-state index contributed by atoms with van der Waals surface area (Å²) in [5, 5.41) is 10.5. The number of benzene rings is 2. The van der Waals surface area contributed by atoms with Crippen molar-refractivity contribution in [2.24, 2.45) is 5.92 Å². The molecule has 0 N–H and O–H groups in total. The summed E-state index contributed by atoms with van der Waals surface area (Å²) in [6, 6.07) is 17.1. The molecule has 0 unspecified atom stereocenters. The van der Waals surface area contributed by atoms with Crippen LogP contribution in [0.25, 0.3) is 10.9 Å². The molecule has 3 heterocycles. The Balaban J connectivity index is 1.45. The highest BCUT2D eigenvalue weighted by molar-refractivity contribution is 6.32. The van der Waals surface area contributed by atoms with E-state index in [0.29, 0.717) is 17.5 Å². The highest BCUT2D eigenvalue weighted by Gasteiger charge is 2.33. The molecular weight excluding hydrogens is 355 g/mol. The maximum absolute atomic E-state index is 9.45. The second-order valence-corrected chi connectivity index (χ2v) is 8.48. The van der Waals surface area contributed by atoms with Crippen molar-refractivity contribution < 1.29 is 0 Å². The zero-order valence-corrected chi connectivity index (χ0v) is 16.7. The van der Waals surface area contributed by atoms with Gasteiger partial charge in [0.05, 0.1) is 11.1 Å². The topological polar surface area (TPSA) is 43.2 Å². The van der Waals surface area contributed by atoms with Gasteiger partial charge in [0.15, 0.2) is 0 Å². The fourth-order valence-electron chi connectivity index (χ4n) is 5.00. The molecule has 1 aromatic heterocycles. The Kier molecular flexibility index (Phi) is 4.52. The fourth-order valence-corrected chi connectivity index (χ4v) is 5.00. The van der Waals surface area contributed by atoms with E-state index in [1.54, 1.807) is 6.20 Å². The van der Waals surface area contributed by atoms with Gasteiger partial charge >= 0.3 is 0 Å². The number of hydrogen-bond acceptors (Lipinski definition) is 4. The van der Waals surface area contributed by atoms with E-state index >= 15 is 0 Å². The molecule has 2 aromatic carbocycles. The Labute approximate surface area is 173 Å². The molecule has 0 aliphatic carbocycles. The van der Waals surface area contributed by atoms with Gasteiger partial charge in [-0.05, 0) is 47.7 Å². The van der Waals surface area contributed by atoms with Crippen LogP contribution in [0, 0.1) is 17.2 Å². The normalized spacial score (nSPS) is 21.9. The molecule has 0 bridgehead atoms. The van der Waals surface area contributed by atoms with Crippen molar-refractivity contribution in [3.63, 3.8) is 0 Å². The van der Waals surface area contributed by atoms with Crippen LogP contribution in [0.1, 0.15) is 30.0 Å². The largest absolute Gasteiger partial charge is 0.369 e. The Morgan fingerprint density at radius 1 is 1.10 bits per heavy atom. The standard InChI is InChI=1S/C24H23BN4/c1-16-9-21(28-13-18-4-6-20(25)10-19(18)14-28)15-29(12-16)23-7-5-17(11-26)24-22(23)3-2-8-27-24/h2-8,10,16,21H,9,12-15H2,1H3/t16-,21+/m0/s1. The van der Waals surface area contributed by atoms with Crippen LogP contribution in [0.3, 0.4) is 0 Å². The minimum atomic E-state index is 0.495. The number of nitriles is 1. The number of aromatic nitrogens is 1. The fraction of sp³-hybridized carbons (Fsp3) is 0.333. The first kappa shape index (κ1) is 18.2. The lowest BCUT2D eigenvalue weighted by molar-refractivity contribution is 0.157. The van der Waals surface area contributed by atoms with Crippen molar-refractivity contribution in [2.75, 3.05) is 18.0 Å². The molecule has 0 spiro atoms.